The van der Waals surface area contributed by atoms with Crippen molar-refractivity contribution in [3.8, 4) is 0 Å². The number of halogens is 2. The van der Waals surface area contributed by atoms with Crippen LogP contribution in [0.2, 0.25) is 5.02 Å². The van der Waals surface area contributed by atoms with Gasteiger partial charge in [-0.15, -0.1) is 0 Å². The number of carbonyl (C=O) groups excluding carboxylic acids is 1. The van der Waals surface area contributed by atoms with Crippen LogP contribution in [0.4, 0.5) is 10.1 Å². The van der Waals surface area contributed by atoms with E-state index < -0.39 is 23.7 Å². The maximum atomic E-state index is 14.5. The Kier molecular flexibility index (Phi) is 8.04. The second-order valence-electron chi connectivity index (χ2n) is 6.16. The first-order valence-corrected chi connectivity index (χ1v) is 10.00. The number of carboxylic acids is 1. The summed E-state index contributed by atoms with van der Waals surface area (Å²) in [5.41, 5.74) is 7.77. The van der Waals surface area contributed by atoms with E-state index in [2.05, 4.69) is 17.7 Å². The minimum atomic E-state index is -1.09. The van der Waals surface area contributed by atoms with Crippen molar-refractivity contribution in [1.29, 1.82) is 0 Å². The second-order valence-corrected chi connectivity index (χ2v) is 6.56. The van der Waals surface area contributed by atoms with Crippen LogP contribution in [0.15, 0.2) is 47.6 Å². The Balaban J connectivity index is 0.00000145. The van der Waals surface area contributed by atoms with Crippen LogP contribution in [0.3, 0.4) is 0 Å². The molecule has 1 unspecified atom stereocenters. The molecule has 6 nitrogen and oxygen atoms in total. The van der Waals surface area contributed by atoms with Gasteiger partial charge in [-0.1, -0.05) is 29.8 Å². The van der Waals surface area contributed by atoms with Gasteiger partial charge < -0.3 is 10.8 Å². The molecule has 0 bridgehead atoms. The molecule has 9 heteroatoms. The van der Waals surface area contributed by atoms with Gasteiger partial charge in [0.25, 0.3) is 0 Å². The zero-order valence-electron chi connectivity index (χ0n) is 15.7. The number of hydrogen-bond acceptors (Lipinski definition) is 5. The van der Waals surface area contributed by atoms with Crippen LogP contribution in [0.25, 0.3) is 0 Å². The zero-order valence-corrected chi connectivity index (χ0v) is 17.3. The summed E-state index contributed by atoms with van der Waals surface area (Å²) < 4.78 is 14.5. The highest BCUT2D eigenvalue weighted by Crippen LogP contribution is 2.38. The van der Waals surface area contributed by atoms with E-state index in [0.29, 0.717) is 11.4 Å². The fourth-order valence-electron chi connectivity index (χ4n) is 2.97. The number of carboxylic acid groups (broad SMARTS) is 1. The van der Waals surface area contributed by atoms with E-state index in [1.165, 1.54) is 12.1 Å². The van der Waals surface area contributed by atoms with Crippen molar-refractivity contribution >= 4 is 47.5 Å². The number of anilines is 1. The minimum Gasteiger partial charge on any atom is -0.481 e. The average molecular weight is 438 g/mol. The van der Waals surface area contributed by atoms with E-state index in [-0.39, 0.29) is 29.8 Å². The molecule has 154 valence electrons. The lowest BCUT2D eigenvalue weighted by Crippen LogP contribution is -2.28. The molecular formula is C20H21ClFN3O3S. The third-order valence-corrected chi connectivity index (χ3v) is 4.63. The predicted molar refractivity (Wildman–Crippen MR) is 115 cm³/mol. The monoisotopic (exact) mass is 437 g/mol. The highest BCUT2D eigenvalue weighted by atomic mass is 35.5. The molecule has 1 atom stereocenters. The maximum Gasteiger partial charge on any atom is 0.303 e. The molecule has 0 radical (unpaired) electrons. The third-order valence-electron chi connectivity index (χ3n) is 4.30. The van der Waals surface area contributed by atoms with Crippen molar-refractivity contribution < 1.29 is 19.1 Å². The standard InChI is InChI=1S/C19H17ClFN3O3.CH4S/c20-13-2-1-3-14(21)19(13)16-10-15(11-4-6-12(22)7-5-11)23-24(16)17(25)8-9-18(26)27;1-2/h1-7,16H,8-10,22H2,(H,26,27);2H,1H3. The van der Waals surface area contributed by atoms with E-state index >= 15 is 0 Å². The van der Waals surface area contributed by atoms with Crippen LogP contribution < -0.4 is 5.73 Å². The topological polar surface area (TPSA) is 96.0 Å². The number of thiol groups is 1. The smallest absolute Gasteiger partial charge is 0.303 e. The Labute approximate surface area is 178 Å². The van der Waals surface area contributed by atoms with E-state index in [9.17, 15) is 14.0 Å². The molecule has 3 rings (SSSR count). The molecule has 0 aliphatic carbocycles. The molecular weight excluding hydrogens is 417 g/mol. The first-order valence-electron chi connectivity index (χ1n) is 8.72. The molecule has 0 saturated carbocycles. The van der Waals surface area contributed by atoms with Gasteiger partial charge in [-0.05, 0) is 36.1 Å². The van der Waals surface area contributed by atoms with E-state index in [0.717, 1.165) is 10.6 Å². The Hall–Kier alpha value is -2.58. The molecule has 2 aromatic carbocycles. The Morgan fingerprint density at radius 3 is 2.48 bits per heavy atom. The summed E-state index contributed by atoms with van der Waals surface area (Å²) in [5, 5.41) is 14.5. The lowest BCUT2D eigenvalue weighted by Gasteiger charge is -2.23. The normalized spacial score (nSPS) is 15.4. The summed E-state index contributed by atoms with van der Waals surface area (Å²) in [6, 6.07) is 10.5. The average Bonchev–Trinajstić information content (AvgIpc) is 3.13. The zero-order chi connectivity index (χ0) is 21.6. The number of carbonyl (C=O) groups is 2. The fourth-order valence-corrected chi connectivity index (χ4v) is 3.26. The van der Waals surface area contributed by atoms with E-state index in [1.807, 2.05) is 0 Å². The van der Waals surface area contributed by atoms with Gasteiger partial charge in [-0.3, -0.25) is 9.59 Å². The minimum absolute atomic E-state index is 0.164. The van der Waals surface area contributed by atoms with Crippen molar-refractivity contribution in [2.45, 2.75) is 25.3 Å². The van der Waals surface area contributed by atoms with Crippen LogP contribution in [-0.2, 0) is 9.59 Å². The number of hydrazone groups is 1. The number of aliphatic carboxylic acids is 1. The Morgan fingerprint density at radius 2 is 1.90 bits per heavy atom. The van der Waals surface area contributed by atoms with Crippen molar-refractivity contribution in [3.05, 3.63) is 64.4 Å². The number of nitrogen functional groups attached to an aromatic ring is 1. The molecule has 0 spiro atoms. The summed E-state index contributed by atoms with van der Waals surface area (Å²) in [4.78, 5) is 23.4. The molecule has 1 aliphatic heterocycles. The van der Waals surface area contributed by atoms with Gasteiger partial charge in [0, 0.05) is 29.1 Å². The quantitative estimate of drug-likeness (QED) is 0.483. The van der Waals surface area contributed by atoms with Gasteiger partial charge in [-0.2, -0.15) is 17.7 Å². The summed E-state index contributed by atoms with van der Waals surface area (Å²) in [7, 11) is 0. The molecule has 1 heterocycles. The van der Waals surface area contributed by atoms with Crippen LogP contribution >= 0.6 is 24.2 Å². The number of benzene rings is 2. The molecule has 1 aliphatic rings. The van der Waals surface area contributed by atoms with Gasteiger partial charge in [0.15, 0.2) is 0 Å². The number of rotatable bonds is 5. The second kappa shape index (κ2) is 10.3. The van der Waals surface area contributed by atoms with Gasteiger partial charge >= 0.3 is 5.97 Å². The van der Waals surface area contributed by atoms with Crippen molar-refractivity contribution in [1.82, 2.24) is 5.01 Å². The highest BCUT2D eigenvalue weighted by Gasteiger charge is 2.35. The molecule has 0 fully saturated rings. The van der Waals surface area contributed by atoms with Crippen LogP contribution in [0, 0.1) is 5.82 Å². The largest absolute Gasteiger partial charge is 0.481 e. The predicted octanol–water partition coefficient (Wildman–Crippen LogP) is 4.15. The van der Waals surface area contributed by atoms with Gasteiger partial charge in [0.05, 0.1) is 18.2 Å². The molecule has 29 heavy (non-hydrogen) atoms. The molecule has 0 saturated heterocycles. The van der Waals surface area contributed by atoms with Crippen LogP contribution in [0.5, 0.6) is 0 Å². The number of hydrogen-bond donors (Lipinski definition) is 3. The first-order chi connectivity index (χ1) is 13.9. The van der Waals surface area contributed by atoms with Crippen LogP contribution in [-0.4, -0.2) is 34.0 Å². The molecule has 3 N–H and O–H groups in total. The number of nitrogens with two attached hydrogens (primary N) is 1. The Morgan fingerprint density at radius 1 is 1.24 bits per heavy atom. The van der Waals surface area contributed by atoms with Gasteiger partial charge in [-0.25, -0.2) is 9.40 Å². The summed E-state index contributed by atoms with van der Waals surface area (Å²) in [6.07, 6.45) is 1.37. The Bertz CT molecular complexity index is 901. The SMILES string of the molecule is CS.Nc1ccc(C2=NN(C(=O)CCC(=O)O)C(c3c(F)cccc3Cl)C2)cc1. The van der Waals surface area contributed by atoms with E-state index in [1.54, 1.807) is 36.6 Å². The molecule has 1 amide bonds. The number of amides is 1. The maximum absolute atomic E-state index is 14.5. The summed E-state index contributed by atoms with van der Waals surface area (Å²) in [6.45, 7) is 0. The first kappa shape index (κ1) is 22.7. The van der Waals surface area contributed by atoms with Gasteiger partial charge in [0.1, 0.15) is 5.82 Å². The summed E-state index contributed by atoms with van der Waals surface area (Å²) >= 11 is 9.71. The fraction of sp³-hybridized carbons (Fsp3) is 0.250. The van der Waals surface area contributed by atoms with Crippen molar-refractivity contribution in [3.63, 3.8) is 0 Å². The summed E-state index contributed by atoms with van der Waals surface area (Å²) in [5.74, 6) is -2.14. The van der Waals surface area contributed by atoms with Crippen LogP contribution in [0.1, 0.15) is 36.4 Å². The van der Waals surface area contributed by atoms with Crippen molar-refractivity contribution in [2.24, 2.45) is 5.10 Å². The third kappa shape index (κ3) is 5.48. The van der Waals surface area contributed by atoms with Crippen molar-refractivity contribution in [2.75, 3.05) is 12.0 Å². The molecule has 2 aromatic rings. The molecule has 0 aromatic heterocycles. The number of nitrogens with zero attached hydrogens (tertiary/aromatic N) is 2. The lowest BCUT2D eigenvalue weighted by atomic mass is 9.97. The van der Waals surface area contributed by atoms with E-state index in [4.69, 9.17) is 22.4 Å². The van der Waals surface area contributed by atoms with Gasteiger partial charge in [0.2, 0.25) is 5.91 Å². The lowest BCUT2D eigenvalue weighted by molar-refractivity contribution is -0.141. The highest BCUT2D eigenvalue weighted by molar-refractivity contribution is 7.79.